The topological polar surface area (TPSA) is 93.2 Å². The van der Waals surface area contributed by atoms with Crippen molar-refractivity contribution in [3.8, 4) is 11.5 Å². The fourth-order valence-electron chi connectivity index (χ4n) is 1.73. The van der Waals surface area contributed by atoms with Gasteiger partial charge in [0.05, 0.1) is 10.5 Å². The number of ether oxygens (including phenoxy) is 1. The lowest BCUT2D eigenvalue weighted by Gasteiger charge is -2.11. The van der Waals surface area contributed by atoms with Crippen molar-refractivity contribution in [3.63, 3.8) is 0 Å². The predicted molar refractivity (Wildman–Crippen MR) is 77.0 cm³/mol. The van der Waals surface area contributed by atoms with Gasteiger partial charge >= 0.3 is 0 Å². The van der Waals surface area contributed by atoms with E-state index in [0.29, 0.717) is 5.75 Å². The lowest BCUT2D eigenvalue weighted by molar-refractivity contribution is 0.474. The molecule has 2 rings (SSSR count). The van der Waals surface area contributed by atoms with Crippen LogP contribution in [0, 0.1) is 11.2 Å². The van der Waals surface area contributed by atoms with Crippen LogP contribution in [0.5, 0.6) is 11.5 Å². The Morgan fingerprint density at radius 3 is 2.33 bits per heavy atom. The van der Waals surface area contributed by atoms with Crippen molar-refractivity contribution >= 4 is 15.7 Å². The summed E-state index contributed by atoms with van der Waals surface area (Å²) in [6, 6.07) is 9.76. The Labute approximate surface area is 121 Å². The van der Waals surface area contributed by atoms with Crippen LogP contribution in [0.4, 0.5) is 4.39 Å². The highest BCUT2D eigenvalue weighted by Gasteiger charge is 2.13. The molecule has 21 heavy (non-hydrogen) atoms. The van der Waals surface area contributed by atoms with E-state index in [0.717, 1.165) is 6.26 Å². The number of hydrogen-bond acceptors (Lipinski definition) is 4. The standard InChI is InChI=1S/C14H13FN2O3S/c1-21(18,19)10-7-5-9(6-8-10)20-12-4-2-3-11(15)13(12)14(16)17/h2-8H,1H3,(H3,16,17). The van der Waals surface area contributed by atoms with Gasteiger partial charge in [-0.15, -0.1) is 0 Å². The van der Waals surface area contributed by atoms with Crippen molar-refractivity contribution in [2.24, 2.45) is 5.73 Å². The maximum atomic E-state index is 13.6. The number of halogens is 1. The Hall–Kier alpha value is -2.41. The van der Waals surface area contributed by atoms with Crippen LogP contribution in [0.3, 0.4) is 0 Å². The van der Waals surface area contributed by atoms with E-state index in [2.05, 4.69) is 0 Å². The molecule has 7 heteroatoms. The Bertz CT molecular complexity index is 786. The van der Waals surface area contributed by atoms with E-state index < -0.39 is 21.5 Å². The van der Waals surface area contributed by atoms with Gasteiger partial charge in [-0.25, -0.2) is 12.8 Å². The molecule has 0 radical (unpaired) electrons. The van der Waals surface area contributed by atoms with E-state index in [4.69, 9.17) is 15.9 Å². The second-order valence-electron chi connectivity index (χ2n) is 4.37. The summed E-state index contributed by atoms with van der Waals surface area (Å²) in [5.41, 5.74) is 5.20. The van der Waals surface area contributed by atoms with Crippen molar-refractivity contribution in [2.75, 3.05) is 6.26 Å². The number of benzene rings is 2. The molecular weight excluding hydrogens is 295 g/mol. The Kier molecular flexibility index (Phi) is 3.95. The minimum absolute atomic E-state index is 0.0922. The molecule has 0 aliphatic heterocycles. The molecule has 110 valence electrons. The first-order chi connectivity index (χ1) is 9.79. The molecule has 0 unspecified atom stereocenters. The summed E-state index contributed by atoms with van der Waals surface area (Å²) in [7, 11) is -3.29. The minimum atomic E-state index is -3.29. The molecule has 2 aromatic rings. The van der Waals surface area contributed by atoms with Gasteiger partial charge in [0.15, 0.2) is 9.84 Å². The maximum absolute atomic E-state index is 13.6. The summed E-state index contributed by atoms with van der Waals surface area (Å²) in [5, 5.41) is 7.38. The molecule has 2 aromatic carbocycles. The molecule has 0 bridgehead atoms. The molecule has 0 amide bonds. The highest BCUT2D eigenvalue weighted by Crippen LogP contribution is 2.27. The average Bonchev–Trinajstić information content (AvgIpc) is 2.38. The zero-order chi connectivity index (χ0) is 15.6. The highest BCUT2D eigenvalue weighted by molar-refractivity contribution is 7.90. The van der Waals surface area contributed by atoms with E-state index in [-0.39, 0.29) is 16.2 Å². The lowest BCUT2D eigenvalue weighted by atomic mass is 10.1. The van der Waals surface area contributed by atoms with Crippen LogP contribution in [0.2, 0.25) is 0 Å². The maximum Gasteiger partial charge on any atom is 0.175 e. The lowest BCUT2D eigenvalue weighted by Crippen LogP contribution is -2.14. The average molecular weight is 308 g/mol. The van der Waals surface area contributed by atoms with E-state index in [1.807, 2.05) is 0 Å². The van der Waals surface area contributed by atoms with Gasteiger partial charge in [0.25, 0.3) is 0 Å². The molecule has 0 fully saturated rings. The van der Waals surface area contributed by atoms with Crippen molar-refractivity contribution in [1.82, 2.24) is 0 Å². The Morgan fingerprint density at radius 2 is 1.81 bits per heavy atom. The molecule has 0 aliphatic carbocycles. The molecule has 5 nitrogen and oxygen atoms in total. The number of rotatable bonds is 4. The molecule has 0 atom stereocenters. The van der Waals surface area contributed by atoms with Crippen molar-refractivity contribution in [2.45, 2.75) is 4.90 Å². The van der Waals surface area contributed by atoms with Gasteiger partial charge in [0, 0.05) is 6.26 Å². The molecule has 0 spiro atoms. The van der Waals surface area contributed by atoms with Crippen molar-refractivity contribution < 1.29 is 17.5 Å². The van der Waals surface area contributed by atoms with E-state index in [9.17, 15) is 12.8 Å². The number of hydrogen-bond donors (Lipinski definition) is 2. The van der Waals surface area contributed by atoms with Gasteiger partial charge in [0.1, 0.15) is 23.2 Å². The Balaban J connectivity index is 2.35. The summed E-state index contributed by atoms with van der Waals surface area (Å²) in [5.74, 6) is -0.700. The number of sulfone groups is 1. The molecule has 0 aromatic heterocycles. The minimum Gasteiger partial charge on any atom is -0.456 e. The fraction of sp³-hybridized carbons (Fsp3) is 0.0714. The molecular formula is C14H13FN2O3S. The SMILES string of the molecule is CS(=O)(=O)c1ccc(Oc2cccc(F)c2C(=N)N)cc1. The normalized spacial score (nSPS) is 11.1. The van der Waals surface area contributed by atoms with E-state index >= 15 is 0 Å². The third-order valence-corrected chi connectivity index (χ3v) is 3.85. The van der Waals surface area contributed by atoms with Crippen LogP contribution in [0.15, 0.2) is 47.4 Å². The summed E-state index contributed by atoms with van der Waals surface area (Å²) in [6.45, 7) is 0. The van der Waals surface area contributed by atoms with Crippen LogP contribution in [0.25, 0.3) is 0 Å². The first-order valence-corrected chi connectivity index (χ1v) is 7.79. The highest BCUT2D eigenvalue weighted by atomic mass is 32.2. The van der Waals surface area contributed by atoms with Gasteiger partial charge in [-0.3, -0.25) is 5.41 Å². The number of amidine groups is 1. The quantitative estimate of drug-likeness (QED) is 0.669. The van der Waals surface area contributed by atoms with Gasteiger partial charge in [-0.1, -0.05) is 6.07 Å². The summed E-state index contributed by atoms with van der Waals surface area (Å²) in [4.78, 5) is 0.154. The van der Waals surface area contributed by atoms with E-state index in [1.54, 1.807) is 0 Å². The van der Waals surface area contributed by atoms with Crippen LogP contribution in [-0.4, -0.2) is 20.5 Å². The second kappa shape index (κ2) is 5.53. The first-order valence-electron chi connectivity index (χ1n) is 5.90. The van der Waals surface area contributed by atoms with E-state index in [1.165, 1.54) is 42.5 Å². The van der Waals surface area contributed by atoms with Crippen molar-refractivity contribution in [1.29, 1.82) is 5.41 Å². The van der Waals surface area contributed by atoms with Crippen LogP contribution < -0.4 is 10.5 Å². The monoisotopic (exact) mass is 308 g/mol. The number of nitrogens with one attached hydrogen (secondary N) is 1. The second-order valence-corrected chi connectivity index (χ2v) is 6.39. The number of nitrogens with two attached hydrogens (primary N) is 1. The zero-order valence-electron chi connectivity index (χ0n) is 11.1. The van der Waals surface area contributed by atoms with Gasteiger partial charge in [-0.2, -0.15) is 0 Å². The smallest absolute Gasteiger partial charge is 0.175 e. The van der Waals surface area contributed by atoms with Crippen LogP contribution in [-0.2, 0) is 9.84 Å². The summed E-state index contributed by atoms with van der Waals surface area (Å²) >= 11 is 0. The van der Waals surface area contributed by atoms with Crippen LogP contribution in [0.1, 0.15) is 5.56 Å². The molecule has 3 N–H and O–H groups in total. The zero-order valence-corrected chi connectivity index (χ0v) is 11.9. The molecule has 0 aliphatic rings. The van der Waals surface area contributed by atoms with Gasteiger partial charge in [0.2, 0.25) is 0 Å². The fourth-order valence-corrected chi connectivity index (χ4v) is 2.36. The third kappa shape index (κ3) is 3.38. The third-order valence-electron chi connectivity index (χ3n) is 2.72. The van der Waals surface area contributed by atoms with Crippen LogP contribution >= 0.6 is 0 Å². The molecule has 0 saturated carbocycles. The molecule has 0 saturated heterocycles. The van der Waals surface area contributed by atoms with Gasteiger partial charge in [-0.05, 0) is 36.4 Å². The summed E-state index contributed by atoms with van der Waals surface area (Å²) < 4.78 is 41.8. The molecule has 0 heterocycles. The predicted octanol–water partition coefficient (Wildman–Crippen LogP) is 2.31. The van der Waals surface area contributed by atoms with Gasteiger partial charge < -0.3 is 10.5 Å². The Morgan fingerprint density at radius 1 is 1.19 bits per heavy atom. The first kappa shape index (κ1) is 15.0. The van der Waals surface area contributed by atoms with Crippen molar-refractivity contribution in [3.05, 3.63) is 53.8 Å². The summed E-state index contributed by atoms with van der Waals surface area (Å²) in [6.07, 6.45) is 1.10. The largest absolute Gasteiger partial charge is 0.456 e. The number of nitrogen functional groups attached to an aromatic ring is 1.